The van der Waals surface area contributed by atoms with Gasteiger partial charge in [0.1, 0.15) is 17.1 Å². The standard InChI is InChI=1S/C24H36BrN3O2/c1-23(2,11-7-5-6-8-12-25)16-13-20(29)22-18-15-17(27-28-26)9-10-19(18)24(3,4)30-21(22)14-16/h13-14,17-19,29H,5-12,15H2,1-4H3/t17-,18-,19-/m1/s1. The summed E-state index contributed by atoms with van der Waals surface area (Å²) in [7, 11) is 0. The maximum atomic E-state index is 11.1. The highest BCUT2D eigenvalue weighted by atomic mass is 79.9. The van der Waals surface area contributed by atoms with Crippen molar-refractivity contribution in [2.24, 2.45) is 11.0 Å². The summed E-state index contributed by atoms with van der Waals surface area (Å²) in [5.41, 5.74) is 10.6. The van der Waals surface area contributed by atoms with Gasteiger partial charge in [0.2, 0.25) is 0 Å². The number of hydrogen-bond donors (Lipinski definition) is 1. The molecule has 0 amide bonds. The van der Waals surface area contributed by atoms with E-state index in [1.807, 2.05) is 6.07 Å². The zero-order valence-corrected chi connectivity index (χ0v) is 20.4. The number of ether oxygens (including phenoxy) is 1. The van der Waals surface area contributed by atoms with Crippen molar-refractivity contribution in [3.05, 3.63) is 33.7 Å². The molecule has 1 N–H and O–H groups in total. The molecule has 6 heteroatoms. The average Bonchev–Trinajstić information content (AvgIpc) is 2.67. The molecule has 30 heavy (non-hydrogen) atoms. The lowest BCUT2D eigenvalue weighted by Gasteiger charge is -2.49. The predicted octanol–water partition coefficient (Wildman–Crippen LogP) is 7.75. The maximum absolute atomic E-state index is 11.1. The first-order valence-corrected chi connectivity index (χ1v) is 12.5. The van der Waals surface area contributed by atoms with Gasteiger partial charge in [-0.1, -0.05) is 54.2 Å². The van der Waals surface area contributed by atoms with Gasteiger partial charge >= 0.3 is 0 Å². The van der Waals surface area contributed by atoms with Gasteiger partial charge in [0, 0.05) is 27.8 Å². The summed E-state index contributed by atoms with van der Waals surface area (Å²) < 4.78 is 6.49. The second kappa shape index (κ2) is 9.40. The number of phenols is 1. The number of halogens is 1. The summed E-state index contributed by atoms with van der Waals surface area (Å²) in [5.74, 6) is 1.62. The Morgan fingerprint density at radius 3 is 2.67 bits per heavy atom. The molecule has 3 rings (SSSR count). The third kappa shape index (κ3) is 4.91. The van der Waals surface area contributed by atoms with Crippen LogP contribution in [0.15, 0.2) is 17.2 Å². The number of azide groups is 1. The first kappa shape index (κ1) is 23.3. The predicted molar refractivity (Wildman–Crippen MR) is 126 cm³/mol. The van der Waals surface area contributed by atoms with Gasteiger partial charge in [-0.15, -0.1) is 0 Å². The molecule has 1 aromatic carbocycles. The van der Waals surface area contributed by atoms with E-state index in [0.717, 1.165) is 47.9 Å². The van der Waals surface area contributed by atoms with Crippen LogP contribution in [0.3, 0.4) is 0 Å². The van der Waals surface area contributed by atoms with Gasteiger partial charge in [-0.2, -0.15) is 0 Å². The van der Waals surface area contributed by atoms with Crippen molar-refractivity contribution in [1.82, 2.24) is 0 Å². The summed E-state index contributed by atoms with van der Waals surface area (Å²) in [6.45, 7) is 8.82. The van der Waals surface area contributed by atoms with E-state index in [-0.39, 0.29) is 23.0 Å². The molecule has 0 unspecified atom stereocenters. The Labute approximate surface area is 189 Å². The number of hydrogen-bond acceptors (Lipinski definition) is 3. The Morgan fingerprint density at radius 2 is 1.97 bits per heavy atom. The highest BCUT2D eigenvalue weighted by Gasteiger charge is 2.47. The van der Waals surface area contributed by atoms with E-state index < -0.39 is 0 Å². The summed E-state index contributed by atoms with van der Waals surface area (Å²) in [6, 6.07) is 4.10. The van der Waals surface area contributed by atoms with E-state index >= 15 is 0 Å². The van der Waals surface area contributed by atoms with E-state index in [0.29, 0.717) is 11.7 Å². The lowest BCUT2D eigenvalue weighted by atomic mass is 9.65. The SMILES string of the molecule is CC(C)(CCCCCCBr)c1cc(O)c2c(c1)OC(C)(C)[C@@H]1CC[C@@H](N=[N+]=[N-])C[C@@H]21. The van der Waals surface area contributed by atoms with Crippen molar-refractivity contribution >= 4 is 15.9 Å². The quantitative estimate of drug-likeness (QED) is 0.136. The fourth-order valence-electron chi connectivity index (χ4n) is 5.46. The first-order valence-electron chi connectivity index (χ1n) is 11.4. The van der Waals surface area contributed by atoms with Crippen LogP contribution in [0.4, 0.5) is 0 Å². The van der Waals surface area contributed by atoms with Gasteiger partial charge in [-0.25, -0.2) is 0 Å². The molecule has 1 aliphatic heterocycles. The molecular formula is C24H36BrN3O2. The van der Waals surface area contributed by atoms with E-state index in [1.54, 1.807) is 0 Å². The zero-order valence-electron chi connectivity index (χ0n) is 18.8. The number of unbranched alkanes of at least 4 members (excludes halogenated alkanes) is 3. The Balaban J connectivity index is 1.87. The van der Waals surface area contributed by atoms with Crippen molar-refractivity contribution in [1.29, 1.82) is 0 Å². The van der Waals surface area contributed by atoms with Gasteiger partial charge in [0.15, 0.2) is 0 Å². The van der Waals surface area contributed by atoms with Crippen LogP contribution < -0.4 is 4.74 Å². The average molecular weight is 478 g/mol. The molecule has 0 radical (unpaired) electrons. The fourth-order valence-corrected chi connectivity index (χ4v) is 5.85. The molecule has 3 atom stereocenters. The Hall–Kier alpha value is -1.39. The Morgan fingerprint density at radius 1 is 1.23 bits per heavy atom. The minimum absolute atomic E-state index is 0.00645. The van der Waals surface area contributed by atoms with E-state index in [2.05, 4.69) is 59.7 Å². The molecule has 1 aliphatic carbocycles. The molecule has 0 saturated heterocycles. The van der Waals surface area contributed by atoms with Crippen molar-refractivity contribution < 1.29 is 9.84 Å². The van der Waals surface area contributed by atoms with Gasteiger partial charge in [0.05, 0.1) is 0 Å². The number of phenolic OH excluding ortho intramolecular Hbond substituents is 1. The topological polar surface area (TPSA) is 78.2 Å². The zero-order chi connectivity index (χ0) is 21.9. The van der Waals surface area contributed by atoms with Crippen LogP contribution >= 0.6 is 15.9 Å². The van der Waals surface area contributed by atoms with E-state index in [1.165, 1.54) is 25.7 Å². The van der Waals surface area contributed by atoms with Gasteiger partial charge in [-0.05, 0) is 80.5 Å². The molecule has 0 bridgehead atoms. The second-order valence-electron chi connectivity index (χ2n) is 10.2. The molecule has 5 nitrogen and oxygen atoms in total. The summed E-state index contributed by atoms with van der Waals surface area (Å²) in [5, 5.41) is 16.1. The van der Waals surface area contributed by atoms with Crippen LogP contribution in [0.25, 0.3) is 10.4 Å². The van der Waals surface area contributed by atoms with Crippen LogP contribution in [-0.2, 0) is 5.41 Å². The highest BCUT2D eigenvalue weighted by Crippen LogP contribution is 2.55. The molecule has 1 heterocycles. The fraction of sp³-hybridized carbons (Fsp3) is 0.750. The van der Waals surface area contributed by atoms with Gasteiger partial charge in [-0.3, -0.25) is 0 Å². The molecule has 166 valence electrons. The maximum Gasteiger partial charge on any atom is 0.127 e. The number of benzene rings is 1. The summed E-state index contributed by atoms with van der Waals surface area (Å²) >= 11 is 3.50. The summed E-state index contributed by atoms with van der Waals surface area (Å²) in [6.07, 6.45) is 8.59. The van der Waals surface area contributed by atoms with Crippen molar-refractivity contribution in [3.8, 4) is 11.5 Å². The molecule has 0 spiro atoms. The lowest BCUT2D eigenvalue weighted by molar-refractivity contribution is -0.00995. The van der Waals surface area contributed by atoms with Crippen molar-refractivity contribution in [2.75, 3.05) is 5.33 Å². The monoisotopic (exact) mass is 477 g/mol. The second-order valence-corrected chi connectivity index (χ2v) is 11.0. The van der Waals surface area contributed by atoms with Gasteiger partial charge < -0.3 is 9.84 Å². The van der Waals surface area contributed by atoms with E-state index in [9.17, 15) is 5.11 Å². The van der Waals surface area contributed by atoms with Crippen molar-refractivity contribution in [2.45, 2.75) is 102 Å². The Bertz CT molecular complexity index is 802. The lowest BCUT2D eigenvalue weighted by Crippen LogP contribution is -2.47. The van der Waals surface area contributed by atoms with Crippen LogP contribution in [-0.4, -0.2) is 22.1 Å². The molecule has 0 aromatic heterocycles. The van der Waals surface area contributed by atoms with Crippen LogP contribution in [0, 0.1) is 5.92 Å². The summed E-state index contributed by atoms with van der Waals surface area (Å²) in [4.78, 5) is 3.03. The minimum Gasteiger partial charge on any atom is -0.508 e. The molecule has 2 aliphatic rings. The molecule has 1 fully saturated rings. The third-order valence-electron chi connectivity index (χ3n) is 7.26. The third-order valence-corrected chi connectivity index (χ3v) is 7.82. The van der Waals surface area contributed by atoms with E-state index in [4.69, 9.17) is 10.3 Å². The van der Waals surface area contributed by atoms with Crippen LogP contribution in [0.1, 0.15) is 96.1 Å². The number of fused-ring (bicyclic) bond motifs is 3. The largest absolute Gasteiger partial charge is 0.508 e. The van der Waals surface area contributed by atoms with Crippen molar-refractivity contribution in [3.63, 3.8) is 0 Å². The molecular weight excluding hydrogens is 442 g/mol. The molecule has 1 aromatic rings. The van der Waals surface area contributed by atoms with Gasteiger partial charge in [0.25, 0.3) is 0 Å². The number of aromatic hydroxyl groups is 1. The highest BCUT2D eigenvalue weighted by molar-refractivity contribution is 9.09. The number of nitrogens with zero attached hydrogens (tertiary/aromatic N) is 3. The minimum atomic E-state index is -0.302. The normalized spacial score (nSPS) is 24.9. The number of alkyl halides is 1. The first-order chi connectivity index (χ1) is 14.2. The number of rotatable bonds is 8. The van der Waals surface area contributed by atoms with Crippen LogP contribution in [0.2, 0.25) is 0 Å². The van der Waals surface area contributed by atoms with Crippen LogP contribution in [0.5, 0.6) is 11.5 Å². The molecule has 1 saturated carbocycles. The Kier molecular flexibility index (Phi) is 7.29. The smallest absolute Gasteiger partial charge is 0.127 e.